The van der Waals surface area contributed by atoms with Gasteiger partial charge in [-0.25, -0.2) is 4.79 Å². The van der Waals surface area contributed by atoms with Gasteiger partial charge in [-0.2, -0.15) is 0 Å². The predicted molar refractivity (Wildman–Crippen MR) is 100.0 cm³/mol. The third kappa shape index (κ3) is 4.14. The van der Waals surface area contributed by atoms with Crippen LogP contribution < -0.4 is 10.2 Å². The molecule has 25 heavy (non-hydrogen) atoms. The van der Waals surface area contributed by atoms with Crippen molar-refractivity contribution < 1.29 is 14.3 Å². The standard InChI is InChI=1S/C19H20N2O3S/c1-13(22)20-11-17-12-21(19(23)24-17)16-7-3-14(4-8-16)15-5-9-18(25-2)10-6-15/h3-10,17H,11-12H2,1-2H3,(H,20,22). The summed E-state index contributed by atoms with van der Waals surface area (Å²) in [4.78, 5) is 25.8. The summed E-state index contributed by atoms with van der Waals surface area (Å²) in [7, 11) is 0. The van der Waals surface area contributed by atoms with Crippen molar-refractivity contribution in [3.05, 3.63) is 48.5 Å². The number of hydrogen-bond donors (Lipinski definition) is 1. The smallest absolute Gasteiger partial charge is 0.414 e. The molecule has 6 heteroatoms. The lowest BCUT2D eigenvalue weighted by Crippen LogP contribution is -2.33. The number of nitrogens with zero attached hydrogens (tertiary/aromatic N) is 1. The van der Waals surface area contributed by atoms with Crippen molar-refractivity contribution in [1.82, 2.24) is 5.32 Å². The third-order valence-corrected chi connectivity index (χ3v) is 4.80. The summed E-state index contributed by atoms with van der Waals surface area (Å²) >= 11 is 1.71. The van der Waals surface area contributed by atoms with Gasteiger partial charge in [-0.3, -0.25) is 9.69 Å². The van der Waals surface area contributed by atoms with Gasteiger partial charge in [0.1, 0.15) is 6.10 Å². The van der Waals surface area contributed by atoms with Gasteiger partial charge in [0.2, 0.25) is 5.91 Å². The molecule has 2 aromatic carbocycles. The number of rotatable bonds is 5. The molecule has 2 aromatic rings. The van der Waals surface area contributed by atoms with E-state index in [0.717, 1.165) is 16.8 Å². The molecule has 0 saturated carbocycles. The van der Waals surface area contributed by atoms with Gasteiger partial charge in [-0.15, -0.1) is 11.8 Å². The molecule has 3 rings (SSSR count). The Balaban J connectivity index is 1.69. The van der Waals surface area contributed by atoms with E-state index in [4.69, 9.17) is 4.74 Å². The molecule has 1 heterocycles. The van der Waals surface area contributed by atoms with Crippen molar-refractivity contribution in [2.24, 2.45) is 0 Å². The van der Waals surface area contributed by atoms with E-state index in [1.807, 2.05) is 24.3 Å². The first kappa shape index (κ1) is 17.4. The minimum atomic E-state index is -0.382. The molecule has 0 radical (unpaired) electrons. The first-order valence-corrected chi connectivity index (χ1v) is 9.26. The first-order chi connectivity index (χ1) is 12.1. The van der Waals surface area contributed by atoms with E-state index >= 15 is 0 Å². The molecule has 0 aliphatic carbocycles. The number of cyclic esters (lactones) is 1. The van der Waals surface area contributed by atoms with E-state index in [2.05, 4.69) is 35.8 Å². The molecule has 1 saturated heterocycles. The molecular weight excluding hydrogens is 336 g/mol. The number of thioether (sulfide) groups is 1. The minimum Gasteiger partial charge on any atom is -0.442 e. The Morgan fingerprint density at radius 3 is 2.32 bits per heavy atom. The monoisotopic (exact) mass is 356 g/mol. The van der Waals surface area contributed by atoms with Crippen molar-refractivity contribution >= 4 is 29.4 Å². The second-order valence-electron chi connectivity index (χ2n) is 5.83. The first-order valence-electron chi connectivity index (χ1n) is 8.04. The fourth-order valence-corrected chi connectivity index (χ4v) is 3.12. The van der Waals surface area contributed by atoms with Gasteiger partial charge >= 0.3 is 6.09 Å². The van der Waals surface area contributed by atoms with Crippen molar-refractivity contribution in [3.63, 3.8) is 0 Å². The molecule has 1 N–H and O–H groups in total. The van der Waals surface area contributed by atoms with Crippen LogP contribution in [0.4, 0.5) is 10.5 Å². The second kappa shape index (κ2) is 7.61. The van der Waals surface area contributed by atoms with Crippen LogP contribution in [0.15, 0.2) is 53.4 Å². The van der Waals surface area contributed by atoms with Crippen LogP contribution in [0.5, 0.6) is 0 Å². The molecule has 1 unspecified atom stereocenters. The zero-order valence-corrected chi connectivity index (χ0v) is 15.0. The topological polar surface area (TPSA) is 58.6 Å². The van der Waals surface area contributed by atoms with E-state index < -0.39 is 0 Å². The summed E-state index contributed by atoms with van der Waals surface area (Å²) < 4.78 is 5.29. The molecule has 0 spiro atoms. The van der Waals surface area contributed by atoms with Crippen molar-refractivity contribution in [2.75, 3.05) is 24.2 Å². The Labute approximate surface area is 151 Å². The molecule has 1 aliphatic rings. The van der Waals surface area contributed by atoms with E-state index in [0.29, 0.717) is 13.1 Å². The Morgan fingerprint density at radius 1 is 1.16 bits per heavy atom. The van der Waals surface area contributed by atoms with Gasteiger partial charge in [0.15, 0.2) is 0 Å². The number of benzene rings is 2. The summed E-state index contributed by atoms with van der Waals surface area (Å²) in [5.41, 5.74) is 3.02. The van der Waals surface area contributed by atoms with E-state index in [-0.39, 0.29) is 18.1 Å². The van der Waals surface area contributed by atoms with Gasteiger partial charge in [-0.05, 0) is 41.6 Å². The van der Waals surface area contributed by atoms with Crippen LogP contribution in [-0.4, -0.2) is 37.4 Å². The maximum Gasteiger partial charge on any atom is 0.414 e. The number of anilines is 1. The van der Waals surface area contributed by atoms with Crippen LogP contribution in [0.1, 0.15) is 6.92 Å². The SMILES string of the molecule is CSc1ccc(-c2ccc(N3CC(CNC(C)=O)OC3=O)cc2)cc1. The summed E-state index contributed by atoms with van der Waals surface area (Å²) in [5, 5.41) is 2.68. The maximum atomic E-state index is 12.0. The predicted octanol–water partition coefficient (Wildman–Crippen LogP) is 3.54. The Kier molecular flexibility index (Phi) is 5.28. The van der Waals surface area contributed by atoms with Crippen LogP contribution in [-0.2, 0) is 9.53 Å². The molecule has 2 amide bonds. The van der Waals surface area contributed by atoms with Gasteiger partial charge in [0, 0.05) is 17.5 Å². The van der Waals surface area contributed by atoms with Crippen LogP contribution >= 0.6 is 11.8 Å². The number of ether oxygens (including phenoxy) is 1. The summed E-state index contributed by atoms with van der Waals surface area (Å²) in [6.07, 6.45) is 1.35. The van der Waals surface area contributed by atoms with Gasteiger partial charge in [0.25, 0.3) is 0 Å². The molecule has 0 aromatic heterocycles. The number of amides is 2. The fraction of sp³-hybridized carbons (Fsp3) is 0.263. The lowest BCUT2D eigenvalue weighted by molar-refractivity contribution is -0.119. The summed E-state index contributed by atoms with van der Waals surface area (Å²) in [6.45, 7) is 2.21. The maximum absolute atomic E-state index is 12.0. The van der Waals surface area contributed by atoms with Crippen LogP contribution in [0, 0.1) is 0 Å². The molecule has 1 fully saturated rings. The zero-order chi connectivity index (χ0) is 17.8. The third-order valence-electron chi connectivity index (χ3n) is 4.06. The highest BCUT2D eigenvalue weighted by molar-refractivity contribution is 7.98. The lowest BCUT2D eigenvalue weighted by atomic mass is 10.1. The zero-order valence-electron chi connectivity index (χ0n) is 14.2. The van der Waals surface area contributed by atoms with Crippen molar-refractivity contribution in [2.45, 2.75) is 17.9 Å². The molecule has 1 atom stereocenters. The van der Waals surface area contributed by atoms with Crippen LogP contribution in [0.25, 0.3) is 11.1 Å². The molecular formula is C19H20N2O3S. The summed E-state index contributed by atoms with van der Waals surface area (Å²) in [5.74, 6) is -0.133. The largest absolute Gasteiger partial charge is 0.442 e. The van der Waals surface area contributed by atoms with Crippen LogP contribution in [0.3, 0.4) is 0 Å². The molecule has 130 valence electrons. The molecule has 1 aliphatic heterocycles. The Hall–Kier alpha value is -2.47. The Bertz CT molecular complexity index is 759. The van der Waals surface area contributed by atoms with Gasteiger partial charge < -0.3 is 10.1 Å². The van der Waals surface area contributed by atoms with Crippen LogP contribution in [0.2, 0.25) is 0 Å². The van der Waals surface area contributed by atoms with Crippen molar-refractivity contribution in [1.29, 1.82) is 0 Å². The highest BCUT2D eigenvalue weighted by atomic mass is 32.2. The summed E-state index contributed by atoms with van der Waals surface area (Å²) in [6, 6.07) is 16.2. The number of carbonyl (C=O) groups excluding carboxylic acids is 2. The second-order valence-corrected chi connectivity index (χ2v) is 6.71. The van der Waals surface area contributed by atoms with Gasteiger partial charge in [0.05, 0.1) is 13.1 Å². The average Bonchev–Trinajstić information content (AvgIpc) is 3.01. The quantitative estimate of drug-likeness (QED) is 0.833. The average molecular weight is 356 g/mol. The Morgan fingerprint density at radius 2 is 1.76 bits per heavy atom. The molecule has 5 nitrogen and oxygen atoms in total. The van der Waals surface area contributed by atoms with E-state index in [9.17, 15) is 9.59 Å². The van der Waals surface area contributed by atoms with Crippen molar-refractivity contribution in [3.8, 4) is 11.1 Å². The highest BCUT2D eigenvalue weighted by Gasteiger charge is 2.32. The number of carbonyl (C=O) groups is 2. The van der Waals surface area contributed by atoms with Gasteiger partial charge in [-0.1, -0.05) is 24.3 Å². The number of hydrogen-bond acceptors (Lipinski definition) is 4. The normalized spacial score (nSPS) is 16.6. The lowest BCUT2D eigenvalue weighted by Gasteiger charge is -2.14. The number of nitrogens with one attached hydrogen (secondary N) is 1. The highest BCUT2D eigenvalue weighted by Crippen LogP contribution is 2.27. The minimum absolute atomic E-state index is 0.133. The fourth-order valence-electron chi connectivity index (χ4n) is 2.71. The molecule has 0 bridgehead atoms. The van der Waals surface area contributed by atoms with E-state index in [1.165, 1.54) is 11.8 Å². The van der Waals surface area contributed by atoms with E-state index in [1.54, 1.807) is 16.7 Å².